The van der Waals surface area contributed by atoms with Crippen LogP contribution in [-0.4, -0.2) is 95.3 Å². The number of ether oxygens (including phenoxy) is 7. The van der Waals surface area contributed by atoms with Crippen LogP contribution in [0.3, 0.4) is 0 Å². The number of carbonyl (C=O) groups is 1. The number of hydrogen-bond donors (Lipinski definition) is 0. The van der Waals surface area contributed by atoms with Crippen LogP contribution in [0.2, 0.25) is 0 Å². The Morgan fingerprint density at radius 2 is 0.963 bits per heavy atom. The summed E-state index contributed by atoms with van der Waals surface area (Å²) in [5, 5.41) is 0. The highest BCUT2D eigenvalue weighted by molar-refractivity contribution is 14.1. The van der Waals surface area contributed by atoms with E-state index in [1.807, 2.05) is 20.8 Å². The molecule has 0 aromatic carbocycles. The predicted molar refractivity (Wildman–Crippen MR) is 110 cm³/mol. The summed E-state index contributed by atoms with van der Waals surface area (Å²) >= 11 is 2.27. The maximum atomic E-state index is 11.4. The van der Waals surface area contributed by atoms with E-state index in [0.717, 1.165) is 11.0 Å². The summed E-state index contributed by atoms with van der Waals surface area (Å²) in [5.41, 5.74) is -0.492. The van der Waals surface area contributed by atoms with Crippen molar-refractivity contribution >= 4 is 28.6 Å². The summed E-state index contributed by atoms with van der Waals surface area (Å²) in [6, 6.07) is 0. The predicted octanol–water partition coefficient (Wildman–Crippen LogP) is 1.86. The van der Waals surface area contributed by atoms with Crippen molar-refractivity contribution in [3.8, 4) is 0 Å². The van der Waals surface area contributed by atoms with E-state index in [0.29, 0.717) is 66.1 Å². The van der Waals surface area contributed by atoms with E-state index < -0.39 is 5.60 Å². The Kier molecular flexibility index (Phi) is 19.3. The van der Waals surface area contributed by atoms with Gasteiger partial charge in [-0.1, -0.05) is 22.6 Å². The summed E-state index contributed by atoms with van der Waals surface area (Å²) in [6.45, 7) is 11.2. The van der Waals surface area contributed by atoms with Gasteiger partial charge in [-0.25, -0.2) is 4.79 Å². The van der Waals surface area contributed by atoms with Gasteiger partial charge in [0.05, 0.1) is 72.7 Å². The van der Waals surface area contributed by atoms with Gasteiger partial charge in [0.25, 0.3) is 0 Å². The molecule has 0 aromatic rings. The van der Waals surface area contributed by atoms with Crippen LogP contribution in [0.1, 0.15) is 20.8 Å². The van der Waals surface area contributed by atoms with Gasteiger partial charge in [0.15, 0.2) is 0 Å². The molecule has 0 saturated carbocycles. The van der Waals surface area contributed by atoms with Crippen LogP contribution in [-0.2, 0) is 38.0 Å². The molecule has 0 saturated heterocycles. The maximum Gasteiger partial charge on any atom is 0.332 e. The summed E-state index contributed by atoms with van der Waals surface area (Å²) < 4.78 is 38.0. The third-order valence-corrected chi connectivity index (χ3v) is 3.16. The molecule has 0 aliphatic heterocycles. The third-order valence-electron chi connectivity index (χ3n) is 2.72. The van der Waals surface area contributed by atoms with E-state index in [2.05, 4.69) is 22.6 Å². The lowest BCUT2D eigenvalue weighted by molar-refractivity contribution is -0.160. The zero-order valence-corrected chi connectivity index (χ0v) is 19.0. The highest BCUT2D eigenvalue weighted by Crippen LogP contribution is 2.06. The van der Waals surface area contributed by atoms with Gasteiger partial charge in [0.2, 0.25) is 0 Å². The van der Waals surface area contributed by atoms with Gasteiger partial charge in [-0.15, -0.1) is 0 Å². The standard InChI is InChI=1S/C18H35IO8/c1-18(2,3)27-17(20)16-26-15-14-25-13-12-24-11-10-23-9-8-22-7-6-21-5-4-19/h4-16H2,1-3H3. The quantitative estimate of drug-likeness (QED) is 0.114. The largest absolute Gasteiger partial charge is 0.458 e. The van der Waals surface area contributed by atoms with Crippen molar-refractivity contribution in [2.24, 2.45) is 0 Å². The van der Waals surface area contributed by atoms with Crippen LogP contribution in [0.4, 0.5) is 0 Å². The fourth-order valence-electron chi connectivity index (χ4n) is 1.68. The zero-order valence-electron chi connectivity index (χ0n) is 16.8. The molecule has 0 unspecified atom stereocenters. The van der Waals surface area contributed by atoms with Crippen LogP contribution in [0.5, 0.6) is 0 Å². The SMILES string of the molecule is CC(C)(C)OC(=O)COCCOCCOCCOCCOCCOCCI. The van der Waals surface area contributed by atoms with Gasteiger partial charge in [0, 0.05) is 4.43 Å². The van der Waals surface area contributed by atoms with E-state index in [-0.39, 0.29) is 12.6 Å². The van der Waals surface area contributed by atoms with E-state index in [1.54, 1.807) is 0 Å². The lowest BCUT2D eigenvalue weighted by Gasteiger charge is -2.19. The molecule has 0 fully saturated rings. The maximum absolute atomic E-state index is 11.4. The van der Waals surface area contributed by atoms with Crippen LogP contribution in [0.25, 0.3) is 0 Å². The Hall–Kier alpha value is -0.0400. The van der Waals surface area contributed by atoms with E-state index in [9.17, 15) is 4.79 Å². The first-order valence-corrected chi connectivity index (χ1v) is 10.7. The van der Waals surface area contributed by atoms with Gasteiger partial charge < -0.3 is 33.2 Å². The van der Waals surface area contributed by atoms with Crippen LogP contribution >= 0.6 is 22.6 Å². The van der Waals surface area contributed by atoms with Crippen molar-refractivity contribution in [3.63, 3.8) is 0 Å². The zero-order chi connectivity index (χ0) is 20.2. The van der Waals surface area contributed by atoms with E-state index >= 15 is 0 Å². The number of alkyl halides is 1. The molecule has 0 aliphatic rings. The number of esters is 1. The smallest absolute Gasteiger partial charge is 0.332 e. The fraction of sp³-hybridized carbons (Fsp3) is 0.944. The fourth-order valence-corrected chi connectivity index (χ4v) is 1.99. The first-order chi connectivity index (χ1) is 13.0. The number of carbonyl (C=O) groups excluding carboxylic acids is 1. The van der Waals surface area contributed by atoms with E-state index in [1.165, 1.54) is 0 Å². The highest BCUT2D eigenvalue weighted by atomic mass is 127. The van der Waals surface area contributed by atoms with Crippen molar-refractivity contribution in [2.45, 2.75) is 26.4 Å². The molecular formula is C18H35IO8. The minimum atomic E-state index is -0.492. The lowest BCUT2D eigenvalue weighted by Crippen LogP contribution is -2.27. The van der Waals surface area contributed by atoms with Crippen LogP contribution in [0.15, 0.2) is 0 Å². The first kappa shape index (κ1) is 27.0. The minimum absolute atomic E-state index is 0.0658. The highest BCUT2D eigenvalue weighted by Gasteiger charge is 2.15. The molecule has 0 atom stereocenters. The Morgan fingerprint density at radius 1 is 0.630 bits per heavy atom. The van der Waals surface area contributed by atoms with Gasteiger partial charge in [-0.3, -0.25) is 0 Å². The molecule has 8 nitrogen and oxygen atoms in total. The van der Waals surface area contributed by atoms with Crippen molar-refractivity contribution in [2.75, 3.05) is 83.7 Å². The molecule has 162 valence electrons. The van der Waals surface area contributed by atoms with E-state index in [4.69, 9.17) is 33.2 Å². The second-order valence-corrected chi connectivity index (χ2v) is 7.47. The van der Waals surface area contributed by atoms with Gasteiger partial charge in [0.1, 0.15) is 12.2 Å². The van der Waals surface area contributed by atoms with Crippen molar-refractivity contribution in [1.82, 2.24) is 0 Å². The van der Waals surface area contributed by atoms with Gasteiger partial charge >= 0.3 is 5.97 Å². The Labute approximate surface area is 176 Å². The Balaban J connectivity index is 3.12. The first-order valence-electron chi connectivity index (χ1n) is 9.20. The molecule has 9 heteroatoms. The number of rotatable bonds is 19. The summed E-state index contributed by atoms with van der Waals surface area (Å²) in [7, 11) is 0. The van der Waals surface area contributed by atoms with Crippen molar-refractivity contribution in [3.05, 3.63) is 0 Å². The molecule has 0 rings (SSSR count). The molecule has 0 N–H and O–H groups in total. The second kappa shape index (κ2) is 19.3. The van der Waals surface area contributed by atoms with Crippen LogP contribution < -0.4 is 0 Å². The molecule has 0 bridgehead atoms. The van der Waals surface area contributed by atoms with Crippen molar-refractivity contribution < 1.29 is 38.0 Å². The molecule has 0 heterocycles. The lowest BCUT2D eigenvalue weighted by atomic mass is 10.2. The molecule has 0 spiro atoms. The average Bonchev–Trinajstić information content (AvgIpc) is 2.59. The van der Waals surface area contributed by atoms with Crippen molar-refractivity contribution in [1.29, 1.82) is 0 Å². The number of halogens is 1. The normalized spacial score (nSPS) is 11.7. The molecular weight excluding hydrogens is 471 g/mol. The molecule has 0 amide bonds. The minimum Gasteiger partial charge on any atom is -0.458 e. The second-order valence-electron chi connectivity index (χ2n) is 6.39. The summed E-state index contributed by atoms with van der Waals surface area (Å²) in [4.78, 5) is 11.4. The summed E-state index contributed by atoms with van der Waals surface area (Å²) in [5.74, 6) is -0.374. The number of hydrogen-bond acceptors (Lipinski definition) is 8. The summed E-state index contributed by atoms with van der Waals surface area (Å²) in [6.07, 6.45) is 0. The molecule has 27 heavy (non-hydrogen) atoms. The molecule has 0 aliphatic carbocycles. The Morgan fingerprint density at radius 3 is 1.30 bits per heavy atom. The van der Waals surface area contributed by atoms with Gasteiger partial charge in [-0.05, 0) is 20.8 Å². The molecule has 0 radical (unpaired) electrons. The molecule has 0 aromatic heterocycles. The van der Waals surface area contributed by atoms with Gasteiger partial charge in [-0.2, -0.15) is 0 Å². The third kappa shape index (κ3) is 23.9. The Bertz CT molecular complexity index is 336. The monoisotopic (exact) mass is 506 g/mol. The topological polar surface area (TPSA) is 81.7 Å². The average molecular weight is 506 g/mol. The van der Waals surface area contributed by atoms with Crippen LogP contribution in [0, 0.1) is 0 Å².